The van der Waals surface area contributed by atoms with Gasteiger partial charge in [0.2, 0.25) is 5.91 Å². The fourth-order valence-corrected chi connectivity index (χ4v) is 2.12. The van der Waals surface area contributed by atoms with Crippen molar-refractivity contribution >= 4 is 17.3 Å². The van der Waals surface area contributed by atoms with Crippen LogP contribution in [0, 0.1) is 0 Å². The zero-order chi connectivity index (χ0) is 18.8. The zero-order valence-electron chi connectivity index (χ0n) is 15.4. The van der Waals surface area contributed by atoms with E-state index < -0.39 is 0 Å². The van der Waals surface area contributed by atoms with Crippen molar-refractivity contribution in [3.05, 3.63) is 60.7 Å². The van der Waals surface area contributed by atoms with Crippen molar-refractivity contribution < 1.29 is 14.3 Å². The summed E-state index contributed by atoms with van der Waals surface area (Å²) in [7, 11) is 0. The van der Waals surface area contributed by atoms with Crippen molar-refractivity contribution in [2.45, 2.75) is 20.3 Å². The summed E-state index contributed by atoms with van der Waals surface area (Å²) in [6.45, 7) is 9.14. The van der Waals surface area contributed by atoms with Crippen LogP contribution in [-0.4, -0.2) is 25.7 Å². The first-order chi connectivity index (χ1) is 12.6. The lowest BCUT2D eigenvalue weighted by Crippen LogP contribution is -2.21. The van der Waals surface area contributed by atoms with Crippen LogP contribution >= 0.6 is 0 Å². The SMILES string of the molecule is C=C(C)COc1ccc(NC(=O)CNc2ccc(OCCC)cc2)cc1. The highest BCUT2D eigenvalue weighted by Crippen LogP contribution is 2.17. The molecule has 0 unspecified atom stereocenters. The van der Waals surface area contributed by atoms with Crippen LogP contribution < -0.4 is 20.1 Å². The molecule has 0 aliphatic carbocycles. The standard InChI is InChI=1S/C21H26N2O3/c1-4-13-25-19-9-5-17(6-10-19)22-14-21(24)23-18-7-11-20(12-8-18)26-15-16(2)3/h5-12,22H,2,4,13-15H2,1,3H3,(H,23,24). The van der Waals surface area contributed by atoms with Crippen molar-refractivity contribution in [1.29, 1.82) is 0 Å². The zero-order valence-corrected chi connectivity index (χ0v) is 15.4. The summed E-state index contributed by atoms with van der Waals surface area (Å²) in [6, 6.07) is 14.8. The van der Waals surface area contributed by atoms with Gasteiger partial charge in [-0.1, -0.05) is 13.5 Å². The average molecular weight is 354 g/mol. The molecule has 1 amide bonds. The molecule has 2 rings (SSSR count). The van der Waals surface area contributed by atoms with Crippen LogP contribution in [0.3, 0.4) is 0 Å². The van der Waals surface area contributed by atoms with Crippen molar-refractivity contribution in [2.24, 2.45) is 0 Å². The van der Waals surface area contributed by atoms with Gasteiger partial charge < -0.3 is 20.1 Å². The molecule has 0 saturated heterocycles. The van der Waals surface area contributed by atoms with E-state index in [1.807, 2.05) is 55.5 Å². The number of anilines is 2. The molecule has 5 nitrogen and oxygen atoms in total. The maximum Gasteiger partial charge on any atom is 0.243 e. The normalized spacial score (nSPS) is 10.1. The fourth-order valence-electron chi connectivity index (χ4n) is 2.12. The Morgan fingerprint density at radius 3 is 2.12 bits per heavy atom. The number of carbonyl (C=O) groups is 1. The van der Waals surface area contributed by atoms with Crippen LogP contribution in [0.25, 0.3) is 0 Å². The summed E-state index contributed by atoms with van der Waals surface area (Å²) in [5.41, 5.74) is 2.55. The second kappa shape index (κ2) is 10.1. The molecule has 0 fully saturated rings. The van der Waals surface area contributed by atoms with E-state index in [4.69, 9.17) is 9.47 Å². The summed E-state index contributed by atoms with van der Waals surface area (Å²) in [5, 5.41) is 5.93. The number of rotatable bonds is 10. The highest BCUT2D eigenvalue weighted by molar-refractivity contribution is 5.93. The Hall–Kier alpha value is -2.95. The summed E-state index contributed by atoms with van der Waals surface area (Å²) in [6.07, 6.45) is 0.973. The third-order valence-electron chi connectivity index (χ3n) is 3.40. The van der Waals surface area contributed by atoms with Gasteiger partial charge in [-0.2, -0.15) is 0 Å². The number of benzene rings is 2. The van der Waals surface area contributed by atoms with E-state index in [-0.39, 0.29) is 12.5 Å². The van der Waals surface area contributed by atoms with Crippen molar-refractivity contribution in [1.82, 2.24) is 0 Å². The Balaban J connectivity index is 1.76. The van der Waals surface area contributed by atoms with E-state index in [1.54, 1.807) is 0 Å². The summed E-state index contributed by atoms with van der Waals surface area (Å²) in [4.78, 5) is 12.1. The first-order valence-electron chi connectivity index (χ1n) is 8.70. The maximum absolute atomic E-state index is 12.1. The van der Waals surface area contributed by atoms with Crippen molar-refractivity contribution in [3.63, 3.8) is 0 Å². The van der Waals surface area contributed by atoms with Crippen LogP contribution in [0.1, 0.15) is 20.3 Å². The predicted molar refractivity (Wildman–Crippen MR) is 106 cm³/mol. The van der Waals surface area contributed by atoms with Gasteiger partial charge in [0.1, 0.15) is 18.1 Å². The van der Waals surface area contributed by atoms with Gasteiger partial charge in [0.05, 0.1) is 13.2 Å². The molecular formula is C21H26N2O3. The first kappa shape index (κ1) is 19.4. The number of nitrogens with one attached hydrogen (secondary N) is 2. The molecule has 26 heavy (non-hydrogen) atoms. The molecule has 0 radical (unpaired) electrons. The van der Waals surface area contributed by atoms with E-state index in [1.165, 1.54) is 0 Å². The molecule has 0 aliphatic heterocycles. The molecule has 2 N–H and O–H groups in total. The molecule has 0 atom stereocenters. The summed E-state index contributed by atoms with van der Waals surface area (Å²) < 4.78 is 11.1. The number of hydrogen-bond donors (Lipinski definition) is 2. The number of hydrogen-bond acceptors (Lipinski definition) is 4. The number of amides is 1. The molecule has 2 aromatic carbocycles. The maximum atomic E-state index is 12.1. The third kappa shape index (κ3) is 6.89. The van der Waals surface area contributed by atoms with Crippen LogP contribution in [0.4, 0.5) is 11.4 Å². The summed E-state index contributed by atoms with van der Waals surface area (Å²) >= 11 is 0. The van der Waals surface area contributed by atoms with Gasteiger partial charge >= 0.3 is 0 Å². The highest BCUT2D eigenvalue weighted by Gasteiger charge is 2.03. The Morgan fingerprint density at radius 2 is 1.54 bits per heavy atom. The lowest BCUT2D eigenvalue weighted by atomic mass is 10.3. The Bertz CT molecular complexity index is 709. The Kier molecular flexibility index (Phi) is 7.55. The quantitative estimate of drug-likeness (QED) is 0.618. The van der Waals surface area contributed by atoms with Gasteiger partial charge in [-0.25, -0.2) is 0 Å². The molecule has 0 bridgehead atoms. The molecule has 0 aromatic heterocycles. The molecular weight excluding hydrogens is 328 g/mol. The number of ether oxygens (including phenoxy) is 2. The van der Waals surface area contributed by atoms with E-state index in [9.17, 15) is 4.79 Å². The van der Waals surface area contributed by atoms with Gasteiger partial charge in [0.25, 0.3) is 0 Å². The van der Waals surface area contributed by atoms with E-state index in [2.05, 4.69) is 24.1 Å². The monoisotopic (exact) mass is 354 g/mol. The largest absolute Gasteiger partial charge is 0.494 e. The van der Waals surface area contributed by atoms with Gasteiger partial charge in [0, 0.05) is 11.4 Å². The first-order valence-corrected chi connectivity index (χ1v) is 8.70. The number of carbonyl (C=O) groups excluding carboxylic acids is 1. The molecule has 0 saturated carbocycles. The molecule has 138 valence electrons. The third-order valence-corrected chi connectivity index (χ3v) is 3.40. The molecule has 0 heterocycles. The van der Waals surface area contributed by atoms with Gasteiger partial charge in [-0.05, 0) is 67.4 Å². The minimum Gasteiger partial charge on any atom is -0.494 e. The molecule has 5 heteroatoms. The van der Waals surface area contributed by atoms with Gasteiger partial charge in [0.15, 0.2) is 0 Å². The van der Waals surface area contributed by atoms with E-state index >= 15 is 0 Å². The minimum atomic E-state index is -0.119. The second-order valence-corrected chi connectivity index (χ2v) is 6.04. The van der Waals surface area contributed by atoms with E-state index in [0.29, 0.717) is 13.2 Å². The van der Waals surface area contributed by atoms with Gasteiger partial charge in [-0.3, -0.25) is 4.79 Å². The van der Waals surface area contributed by atoms with Crippen LogP contribution in [0.5, 0.6) is 11.5 Å². The van der Waals surface area contributed by atoms with Crippen LogP contribution in [0.2, 0.25) is 0 Å². The molecule has 2 aromatic rings. The predicted octanol–water partition coefficient (Wildman–Crippen LogP) is 4.48. The molecule has 0 aliphatic rings. The van der Waals surface area contributed by atoms with Crippen molar-refractivity contribution in [2.75, 3.05) is 30.4 Å². The second-order valence-electron chi connectivity index (χ2n) is 6.04. The van der Waals surface area contributed by atoms with Crippen molar-refractivity contribution in [3.8, 4) is 11.5 Å². The topological polar surface area (TPSA) is 59.6 Å². The summed E-state index contributed by atoms with van der Waals surface area (Å²) in [5.74, 6) is 1.46. The Labute approximate surface area is 155 Å². The Morgan fingerprint density at radius 1 is 0.962 bits per heavy atom. The van der Waals surface area contributed by atoms with Crippen LogP contribution in [0.15, 0.2) is 60.7 Å². The van der Waals surface area contributed by atoms with Crippen LogP contribution in [-0.2, 0) is 4.79 Å². The van der Waals surface area contributed by atoms with Gasteiger partial charge in [-0.15, -0.1) is 0 Å². The lowest BCUT2D eigenvalue weighted by molar-refractivity contribution is -0.114. The van der Waals surface area contributed by atoms with E-state index in [0.717, 1.165) is 34.9 Å². The lowest BCUT2D eigenvalue weighted by Gasteiger charge is -2.10. The minimum absolute atomic E-state index is 0.119. The molecule has 0 spiro atoms. The highest BCUT2D eigenvalue weighted by atomic mass is 16.5. The smallest absolute Gasteiger partial charge is 0.243 e. The fraction of sp³-hybridized carbons (Fsp3) is 0.286. The average Bonchev–Trinajstić information content (AvgIpc) is 2.65.